The first kappa shape index (κ1) is 31.3. The minimum Gasteiger partial charge on any atom is -0.252 e. The number of rotatable bonds is 8. The Hall–Kier alpha value is -6.64. The Morgan fingerprint density at radius 3 is 0.846 bits per heavy atom. The number of hydrogen-bond donors (Lipinski definition) is 0. The lowest BCUT2D eigenvalue weighted by molar-refractivity contribution is 0.928. The second kappa shape index (κ2) is 13.9. The summed E-state index contributed by atoms with van der Waals surface area (Å²) in [6.45, 7) is 0. The van der Waals surface area contributed by atoms with Crippen molar-refractivity contribution in [3.05, 3.63) is 240 Å². The molecule has 0 N–H and O–H groups in total. The highest BCUT2D eigenvalue weighted by Gasteiger charge is 2.24. The van der Waals surface area contributed by atoms with Crippen molar-refractivity contribution in [3.8, 4) is 22.3 Å². The molecule has 0 amide bonds. The maximum absolute atomic E-state index is 5.52. The molecular weight excluding hydrogens is 629 g/mol. The third kappa shape index (κ3) is 6.05. The van der Waals surface area contributed by atoms with Crippen LogP contribution in [0.2, 0.25) is 0 Å². The topological polar surface area (TPSA) is 25.8 Å². The van der Waals surface area contributed by atoms with Crippen LogP contribution in [0.15, 0.2) is 206 Å². The molecule has 246 valence electrons. The van der Waals surface area contributed by atoms with Crippen LogP contribution in [-0.2, 0) is 0 Å². The van der Waals surface area contributed by atoms with Gasteiger partial charge in [0.2, 0.25) is 0 Å². The standard InChI is InChI=1S/C50H36N2/c1-7-19-35(20-8-1)41-31-47(49(37-23-11-3-12-24-37)38-25-13-4-14-26-38)51-45-34-44-42(36-21-9-2-10-22-36)32-48(52-46(44)33-43(41)45)50(39-27-15-5-16-28-39)40-29-17-6-18-30-40/h1-34,49-50H. The number of hydrogen-bond acceptors (Lipinski definition) is 2. The Labute approximate surface area is 304 Å². The molecule has 0 aliphatic carbocycles. The van der Waals surface area contributed by atoms with E-state index in [9.17, 15) is 0 Å². The van der Waals surface area contributed by atoms with Crippen molar-refractivity contribution in [2.75, 3.05) is 0 Å². The number of fused-ring (bicyclic) bond motifs is 2. The number of pyridine rings is 2. The van der Waals surface area contributed by atoms with E-state index in [1.54, 1.807) is 0 Å². The number of benzene rings is 7. The van der Waals surface area contributed by atoms with Crippen molar-refractivity contribution < 1.29 is 0 Å². The van der Waals surface area contributed by atoms with Gasteiger partial charge in [-0.3, -0.25) is 9.97 Å². The van der Waals surface area contributed by atoms with Crippen LogP contribution < -0.4 is 0 Å². The summed E-state index contributed by atoms with van der Waals surface area (Å²) in [7, 11) is 0. The fourth-order valence-corrected chi connectivity index (χ4v) is 7.65. The van der Waals surface area contributed by atoms with E-state index in [1.165, 1.54) is 22.3 Å². The molecule has 0 atom stereocenters. The lowest BCUT2D eigenvalue weighted by Gasteiger charge is -2.22. The smallest absolute Gasteiger partial charge is 0.0719 e. The molecule has 0 unspecified atom stereocenters. The number of nitrogens with zero attached hydrogens (tertiary/aromatic N) is 2. The van der Waals surface area contributed by atoms with Gasteiger partial charge in [-0.25, -0.2) is 0 Å². The molecule has 2 nitrogen and oxygen atoms in total. The van der Waals surface area contributed by atoms with Gasteiger partial charge in [-0.1, -0.05) is 182 Å². The molecule has 0 bridgehead atoms. The van der Waals surface area contributed by atoms with E-state index in [2.05, 4.69) is 206 Å². The highest BCUT2D eigenvalue weighted by atomic mass is 14.7. The van der Waals surface area contributed by atoms with Gasteiger partial charge in [0.15, 0.2) is 0 Å². The summed E-state index contributed by atoms with van der Waals surface area (Å²) >= 11 is 0. The summed E-state index contributed by atoms with van der Waals surface area (Å²) in [5, 5.41) is 2.17. The minimum absolute atomic E-state index is 0.0310. The van der Waals surface area contributed by atoms with Crippen LogP contribution in [-0.4, -0.2) is 9.97 Å². The Morgan fingerprint density at radius 1 is 0.288 bits per heavy atom. The van der Waals surface area contributed by atoms with Crippen molar-refractivity contribution in [2.24, 2.45) is 0 Å². The monoisotopic (exact) mass is 664 g/mol. The van der Waals surface area contributed by atoms with Gasteiger partial charge in [0.25, 0.3) is 0 Å². The van der Waals surface area contributed by atoms with Crippen LogP contribution in [0.25, 0.3) is 44.1 Å². The number of aromatic nitrogens is 2. The first-order valence-electron chi connectivity index (χ1n) is 17.9. The molecule has 0 saturated heterocycles. The van der Waals surface area contributed by atoms with E-state index in [0.29, 0.717) is 0 Å². The Balaban J connectivity index is 1.34. The molecule has 7 aromatic carbocycles. The molecular formula is C50H36N2. The maximum atomic E-state index is 5.52. The van der Waals surface area contributed by atoms with E-state index in [-0.39, 0.29) is 11.8 Å². The van der Waals surface area contributed by atoms with Gasteiger partial charge in [-0.15, -0.1) is 0 Å². The molecule has 0 aliphatic rings. The summed E-state index contributed by atoms with van der Waals surface area (Å²) in [6, 6.07) is 73.4. The van der Waals surface area contributed by atoms with Gasteiger partial charge < -0.3 is 0 Å². The Bertz CT molecular complexity index is 2320. The van der Waals surface area contributed by atoms with Crippen LogP contribution >= 0.6 is 0 Å². The SMILES string of the molecule is c1ccc(-c2cc(C(c3ccccc3)c3ccccc3)nc3cc4c(-c5ccccc5)cc(C(c5ccccc5)c5ccccc5)nc4cc23)cc1. The maximum Gasteiger partial charge on any atom is 0.0719 e. The lowest BCUT2D eigenvalue weighted by atomic mass is 9.85. The van der Waals surface area contributed by atoms with Crippen LogP contribution in [0.5, 0.6) is 0 Å². The van der Waals surface area contributed by atoms with E-state index in [1.807, 2.05) is 0 Å². The summed E-state index contributed by atoms with van der Waals surface area (Å²) in [6.07, 6.45) is 0. The fourth-order valence-electron chi connectivity index (χ4n) is 7.65. The second-order valence-electron chi connectivity index (χ2n) is 13.3. The highest BCUT2D eigenvalue weighted by molar-refractivity contribution is 6.06. The molecule has 2 aromatic heterocycles. The zero-order chi connectivity index (χ0) is 34.7. The molecule has 2 heterocycles. The third-order valence-corrected chi connectivity index (χ3v) is 10.1. The highest BCUT2D eigenvalue weighted by Crippen LogP contribution is 2.41. The molecule has 0 radical (unpaired) electrons. The van der Waals surface area contributed by atoms with Gasteiger partial charge in [-0.2, -0.15) is 0 Å². The zero-order valence-electron chi connectivity index (χ0n) is 28.7. The van der Waals surface area contributed by atoms with Crippen LogP contribution in [0, 0.1) is 0 Å². The van der Waals surface area contributed by atoms with Crippen molar-refractivity contribution >= 4 is 21.8 Å². The zero-order valence-corrected chi connectivity index (χ0v) is 28.7. The Kier molecular flexibility index (Phi) is 8.40. The molecule has 0 spiro atoms. The molecule has 52 heavy (non-hydrogen) atoms. The summed E-state index contributed by atoms with van der Waals surface area (Å²) in [5.41, 5.74) is 13.4. The molecule has 2 heteroatoms. The predicted molar refractivity (Wildman–Crippen MR) is 216 cm³/mol. The second-order valence-corrected chi connectivity index (χ2v) is 13.3. The summed E-state index contributed by atoms with van der Waals surface area (Å²) in [5.74, 6) is -0.0619. The van der Waals surface area contributed by atoms with Gasteiger partial charge in [0.05, 0.1) is 34.3 Å². The van der Waals surface area contributed by atoms with Crippen LogP contribution in [0.1, 0.15) is 45.5 Å². The minimum atomic E-state index is -0.0310. The largest absolute Gasteiger partial charge is 0.252 e. The predicted octanol–water partition coefficient (Wildman–Crippen LogP) is 12.5. The molecule has 9 aromatic rings. The van der Waals surface area contributed by atoms with Crippen molar-refractivity contribution in [2.45, 2.75) is 11.8 Å². The summed E-state index contributed by atoms with van der Waals surface area (Å²) in [4.78, 5) is 11.0. The van der Waals surface area contributed by atoms with Crippen molar-refractivity contribution in [3.63, 3.8) is 0 Å². The van der Waals surface area contributed by atoms with Gasteiger partial charge in [0, 0.05) is 10.8 Å². The average molecular weight is 665 g/mol. The third-order valence-electron chi connectivity index (χ3n) is 10.1. The van der Waals surface area contributed by atoms with E-state index in [0.717, 1.165) is 55.4 Å². The normalized spacial score (nSPS) is 11.4. The average Bonchev–Trinajstić information content (AvgIpc) is 3.22. The first-order valence-corrected chi connectivity index (χ1v) is 17.9. The van der Waals surface area contributed by atoms with Gasteiger partial charge in [-0.05, 0) is 68.8 Å². The van der Waals surface area contributed by atoms with Crippen molar-refractivity contribution in [1.82, 2.24) is 9.97 Å². The van der Waals surface area contributed by atoms with E-state index in [4.69, 9.17) is 9.97 Å². The van der Waals surface area contributed by atoms with E-state index < -0.39 is 0 Å². The fraction of sp³-hybridized carbons (Fsp3) is 0.0400. The van der Waals surface area contributed by atoms with E-state index >= 15 is 0 Å². The van der Waals surface area contributed by atoms with Crippen molar-refractivity contribution in [1.29, 1.82) is 0 Å². The molecule has 0 fully saturated rings. The van der Waals surface area contributed by atoms with Gasteiger partial charge >= 0.3 is 0 Å². The van der Waals surface area contributed by atoms with Gasteiger partial charge in [0.1, 0.15) is 0 Å². The van der Waals surface area contributed by atoms with Crippen LogP contribution in [0.3, 0.4) is 0 Å². The van der Waals surface area contributed by atoms with Crippen LogP contribution in [0.4, 0.5) is 0 Å². The lowest BCUT2D eigenvalue weighted by Crippen LogP contribution is -2.07. The molecule has 0 saturated carbocycles. The molecule has 9 rings (SSSR count). The summed E-state index contributed by atoms with van der Waals surface area (Å²) < 4.78 is 0. The Morgan fingerprint density at radius 2 is 0.558 bits per heavy atom. The molecule has 0 aliphatic heterocycles. The first-order chi connectivity index (χ1) is 25.8. The quantitative estimate of drug-likeness (QED) is 0.151.